The molecule has 2 aliphatic carbocycles. The zero-order valence-electron chi connectivity index (χ0n) is 13.7. The minimum Gasteiger partial charge on any atom is -0.255 e. The zero-order valence-corrected chi connectivity index (χ0v) is 14.5. The first-order valence-corrected chi connectivity index (χ1v) is 9.93. The number of benzene rings is 1. The second kappa shape index (κ2) is 5.40. The number of hydrogen-bond acceptors (Lipinski definition) is 4. The molecule has 2 aliphatic rings. The minimum absolute atomic E-state index is 0.121. The van der Waals surface area contributed by atoms with Crippen LogP contribution in [0.25, 0.3) is 11.1 Å². The largest absolute Gasteiger partial charge is 0.255 e. The molecule has 1 spiro atoms. The van der Waals surface area contributed by atoms with Crippen LogP contribution < -0.4 is 0 Å². The van der Waals surface area contributed by atoms with Gasteiger partial charge in [0.1, 0.15) is 6.07 Å². The smallest absolute Gasteiger partial charge is 0.175 e. The van der Waals surface area contributed by atoms with Crippen molar-refractivity contribution >= 4 is 21.0 Å². The van der Waals surface area contributed by atoms with E-state index in [0.29, 0.717) is 10.5 Å². The van der Waals surface area contributed by atoms with Gasteiger partial charge in [-0.05, 0) is 48.2 Å². The first kappa shape index (κ1) is 15.8. The summed E-state index contributed by atoms with van der Waals surface area (Å²) >= 11 is 0. The van der Waals surface area contributed by atoms with Crippen LogP contribution >= 0.6 is 0 Å². The van der Waals surface area contributed by atoms with Crippen molar-refractivity contribution in [2.75, 3.05) is 6.26 Å². The van der Waals surface area contributed by atoms with E-state index in [0.717, 1.165) is 35.2 Å². The molecule has 4 nitrogen and oxygen atoms in total. The molecule has 4 rings (SSSR count). The average molecular weight is 348 g/mol. The van der Waals surface area contributed by atoms with Crippen molar-refractivity contribution in [2.45, 2.75) is 17.7 Å². The molecule has 0 radical (unpaired) electrons. The monoisotopic (exact) mass is 348 g/mol. The van der Waals surface area contributed by atoms with Crippen molar-refractivity contribution in [1.29, 1.82) is 5.26 Å². The third kappa shape index (κ3) is 2.90. The summed E-state index contributed by atoms with van der Waals surface area (Å²) in [6, 6.07) is 12.7. The Morgan fingerprint density at radius 2 is 1.72 bits per heavy atom. The highest BCUT2D eigenvalue weighted by molar-refractivity contribution is 7.90. The van der Waals surface area contributed by atoms with Crippen molar-refractivity contribution in [2.24, 2.45) is 5.41 Å². The van der Waals surface area contributed by atoms with E-state index in [2.05, 4.69) is 23.2 Å². The predicted octanol–water partition coefficient (Wildman–Crippen LogP) is 3.62. The van der Waals surface area contributed by atoms with Crippen molar-refractivity contribution in [1.82, 2.24) is 4.98 Å². The maximum absolute atomic E-state index is 11.7. The lowest BCUT2D eigenvalue weighted by Crippen LogP contribution is -1.97. The molecule has 0 N–H and O–H groups in total. The fourth-order valence-electron chi connectivity index (χ4n) is 3.16. The maximum atomic E-state index is 11.7. The second-order valence-corrected chi connectivity index (χ2v) is 8.71. The van der Waals surface area contributed by atoms with Crippen LogP contribution in [0.2, 0.25) is 0 Å². The molecular formula is C20H16N2O2S. The van der Waals surface area contributed by atoms with Gasteiger partial charge in [-0.15, -0.1) is 0 Å². The van der Waals surface area contributed by atoms with Crippen LogP contribution in [-0.4, -0.2) is 19.7 Å². The number of allylic oxidation sites excluding steroid dienone is 4. The van der Waals surface area contributed by atoms with Crippen molar-refractivity contribution < 1.29 is 8.42 Å². The van der Waals surface area contributed by atoms with Gasteiger partial charge < -0.3 is 0 Å². The Kier molecular flexibility index (Phi) is 3.41. The summed E-state index contributed by atoms with van der Waals surface area (Å²) in [5.74, 6) is 0. The normalized spacial score (nSPS) is 17.8. The first-order chi connectivity index (χ1) is 11.9. The van der Waals surface area contributed by atoms with Gasteiger partial charge in [0, 0.05) is 23.4 Å². The first-order valence-electron chi connectivity index (χ1n) is 8.03. The molecule has 5 heteroatoms. The Labute approximate surface area is 147 Å². The molecule has 0 amide bonds. The topological polar surface area (TPSA) is 70.8 Å². The summed E-state index contributed by atoms with van der Waals surface area (Å²) in [4.78, 5) is 4.75. The molecule has 25 heavy (non-hydrogen) atoms. The summed E-state index contributed by atoms with van der Waals surface area (Å²) in [5, 5.41) is 8.94. The van der Waals surface area contributed by atoms with Gasteiger partial charge in [0.05, 0.1) is 16.2 Å². The molecule has 1 aromatic heterocycles. The third-order valence-corrected chi connectivity index (χ3v) is 5.87. The molecule has 0 aliphatic heterocycles. The van der Waals surface area contributed by atoms with Gasteiger partial charge in [0.2, 0.25) is 0 Å². The van der Waals surface area contributed by atoms with Gasteiger partial charge >= 0.3 is 0 Å². The summed E-state index contributed by atoms with van der Waals surface area (Å²) < 4.78 is 23.3. The highest BCUT2D eigenvalue weighted by Crippen LogP contribution is 2.57. The van der Waals surface area contributed by atoms with Crippen molar-refractivity contribution in [3.63, 3.8) is 0 Å². The van der Waals surface area contributed by atoms with Gasteiger partial charge in [-0.2, -0.15) is 5.26 Å². The van der Waals surface area contributed by atoms with Crippen LogP contribution in [0.15, 0.2) is 59.6 Å². The number of nitriles is 1. The van der Waals surface area contributed by atoms with Crippen LogP contribution in [0, 0.1) is 16.7 Å². The van der Waals surface area contributed by atoms with E-state index in [1.165, 1.54) is 6.26 Å². The summed E-state index contributed by atoms with van der Waals surface area (Å²) in [6.07, 6.45) is 9.55. The Balaban J connectivity index is 1.75. The van der Waals surface area contributed by atoms with E-state index >= 15 is 0 Å². The zero-order chi connectivity index (χ0) is 17.7. The van der Waals surface area contributed by atoms with E-state index in [9.17, 15) is 8.42 Å². The molecule has 0 bridgehead atoms. The molecule has 0 saturated heterocycles. The van der Waals surface area contributed by atoms with Gasteiger partial charge in [-0.25, -0.2) is 8.42 Å². The number of nitrogens with zero attached hydrogens (tertiary/aromatic N) is 2. The van der Waals surface area contributed by atoms with E-state index in [1.54, 1.807) is 24.4 Å². The van der Waals surface area contributed by atoms with E-state index in [1.807, 2.05) is 18.2 Å². The second-order valence-electron chi connectivity index (χ2n) is 6.69. The summed E-state index contributed by atoms with van der Waals surface area (Å²) in [5.41, 5.74) is 4.60. The Bertz CT molecular complexity index is 1050. The molecular weight excluding hydrogens is 332 g/mol. The SMILES string of the molecule is CS(=O)(=O)c1ccc(C2=CC3(C=C2c2ccc(C#N)cn2)CC3)cc1. The molecule has 2 aromatic rings. The van der Waals surface area contributed by atoms with Crippen molar-refractivity contribution in [3.05, 3.63) is 71.6 Å². The fraction of sp³-hybridized carbons (Fsp3) is 0.200. The third-order valence-electron chi connectivity index (χ3n) is 4.74. The molecule has 0 unspecified atom stereocenters. The molecule has 0 atom stereocenters. The van der Waals surface area contributed by atoms with Gasteiger partial charge in [0.25, 0.3) is 0 Å². The lowest BCUT2D eigenvalue weighted by Gasteiger charge is -2.09. The Hall–Kier alpha value is -2.71. The predicted molar refractivity (Wildman–Crippen MR) is 96.1 cm³/mol. The lowest BCUT2D eigenvalue weighted by molar-refractivity contribution is 0.602. The van der Waals surface area contributed by atoms with Gasteiger partial charge in [0.15, 0.2) is 9.84 Å². The Morgan fingerprint density at radius 3 is 2.24 bits per heavy atom. The lowest BCUT2D eigenvalue weighted by atomic mass is 9.98. The van der Waals surface area contributed by atoms with E-state index in [-0.39, 0.29) is 5.41 Å². The number of rotatable bonds is 3. The van der Waals surface area contributed by atoms with Gasteiger partial charge in [-0.3, -0.25) is 4.98 Å². The van der Waals surface area contributed by atoms with Crippen LogP contribution in [0.1, 0.15) is 29.7 Å². The minimum atomic E-state index is -3.20. The number of sulfone groups is 1. The number of aromatic nitrogens is 1. The summed E-state index contributed by atoms with van der Waals surface area (Å²) in [7, 11) is -3.20. The van der Waals surface area contributed by atoms with Crippen LogP contribution in [0.5, 0.6) is 0 Å². The highest BCUT2D eigenvalue weighted by atomic mass is 32.2. The summed E-state index contributed by atoms with van der Waals surface area (Å²) in [6.45, 7) is 0. The fourth-order valence-corrected chi connectivity index (χ4v) is 3.79. The maximum Gasteiger partial charge on any atom is 0.175 e. The molecule has 124 valence electrons. The number of hydrogen-bond donors (Lipinski definition) is 0. The van der Waals surface area contributed by atoms with E-state index in [4.69, 9.17) is 5.26 Å². The molecule has 1 saturated carbocycles. The van der Waals surface area contributed by atoms with Crippen molar-refractivity contribution in [3.8, 4) is 6.07 Å². The molecule has 1 fully saturated rings. The van der Waals surface area contributed by atoms with Crippen LogP contribution in [0.3, 0.4) is 0 Å². The van der Waals surface area contributed by atoms with Crippen LogP contribution in [0.4, 0.5) is 0 Å². The van der Waals surface area contributed by atoms with E-state index < -0.39 is 9.84 Å². The van der Waals surface area contributed by atoms with Gasteiger partial charge in [-0.1, -0.05) is 24.3 Å². The van der Waals surface area contributed by atoms with Crippen LogP contribution in [-0.2, 0) is 9.84 Å². The molecule has 1 heterocycles. The highest BCUT2D eigenvalue weighted by Gasteiger charge is 2.43. The standard InChI is InChI=1S/C20H16N2O2S/c1-25(23,24)16-5-3-15(4-6-16)17-10-20(8-9-20)11-18(17)19-7-2-14(12-21)13-22-19/h2-7,10-11,13H,8-9H2,1H3. The number of pyridine rings is 1. The quantitative estimate of drug-likeness (QED) is 0.849. The average Bonchev–Trinajstić information content (AvgIpc) is 3.25. The Morgan fingerprint density at radius 1 is 1.04 bits per heavy atom. The molecule has 1 aromatic carbocycles.